The topological polar surface area (TPSA) is 28.4 Å². The molecule has 1 spiro atoms. The fourth-order valence-electron chi connectivity index (χ4n) is 3.46. The summed E-state index contributed by atoms with van der Waals surface area (Å²) in [6.07, 6.45) is 7.19. The SMILES string of the molecule is Brc1ccoc1CN1CCCC2(CCCNC2)C1. The third-order valence-electron chi connectivity index (χ3n) is 4.36. The van der Waals surface area contributed by atoms with Crippen LogP contribution in [0.15, 0.2) is 21.2 Å². The number of hydrogen-bond acceptors (Lipinski definition) is 3. The molecule has 0 aromatic carbocycles. The van der Waals surface area contributed by atoms with Crippen molar-refractivity contribution in [2.75, 3.05) is 26.2 Å². The molecule has 1 unspecified atom stereocenters. The van der Waals surface area contributed by atoms with Crippen LogP contribution >= 0.6 is 15.9 Å². The summed E-state index contributed by atoms with van der Waals surface area (Å²) >= 11 is 3.55. The Morgan fingerprint density at radius 3 is 3.00 bits per heavy atom. The minimum absolute atomic E-state index is 0.523. The van der Waals surface area contributed by atoms with Crippen molar-refractivity contribution in [2.24, 2.45) is 5.41 Å². The monoisotopic (exact) mass is 312 g/mol. The number of halogens is 1. The van der Waals surface area contributed by atoms with Gasteiger partial charge in [-0.3, -0.25) is 4.90 Å². The molecule has 1 aromatic heterocycles. The second kappa shape index (κ2) is 5.35. The quantitative estimate of drug-likeness (QED) is 0.910. The zero-order valence-corrected chi connectivity index (χ0v) is 12.3. The van der Waals surface area contributed by atoms with Crippen LogP contribution in [0.2, 0.25) is 0 Å². The summed E-state index contributed by atoms with van der Waals surface area (Å²) in [7, 11) is 0. The molecule has 1 N–H and O–H groups in total. The molecule has 2 aliphatic rings. The fourth-order valence-corrected chi connectivity index (χ4v) is 3.79. The van der Waals surface area contributed by atoms with E-state index in [4.69, 9.17) is 4.42 Å². The van der Waals surface area contributed by atoms with Crippen LogP contribution in [0.25, 0.3) is 0 Å². The molecule has 3 heterocycles. The maximum Gasteiger partial charge on any atom is 0.131 e. The van der Waals surface area contributed by atoms with Crippen molar-refractivity contribution in [3.05, 3.63) is 22.6 Å². The Morgan fingerprint density at radius 2 is 2.28 bits per heavy atom. The number of rotatable bonds is 2. The van der Waals surface area contributed by atoms with Crippen molar-refractivity contribution in [3.63, 3.8) is 0 Å². The summed E-state index contributed by atoms with van der Waals surface area (Å²) < 4.78 is 6.64. The number of furan rings is 1. The number of hydrogen-bond donors (Lipinski definition) is 1. The van der Waals surface area contributed by atoms with E-state index < -0.39 is 0 Å². The number of nitrogens with zero attached hydrogens (tertiary/aromatic N) is 1. The molecule has 2 saturated heterocycles. The number of likely N-dealkylation sites (tertiary alicyclic amines) is 1. The molecule has 2 fully saturated rings. The first-order valence-electron chi connectivity index (χ1n) is 6.92. The van der Waals surface area contributed by atoms with Gasteiger partial charge in [-0.2, -0.15) is 0 Å². The van der Waals surface area contributed by atoms with Gasteiger partial charge in [-0.05, 0) is 66.2 Å². The van der Waals surface area contributed by atoms with Gasteiger partial charge in [0.15, 0.2) is 0 Å². The lowest BCUT2D eigenvalue weighted by Gasteiger charge is -2.45. The third kappa shape index (κ3) is 2.65. The highest BCUT2D eigenvalue weighted by Crippen LogP contribution is 2.36. The van der Waals surface area contributed by atoms with Gasteiger partial charge < -0.3 is 9.73 Å². The molecule has 1 aromatic rings. The summed E-state index contributed by atoms with van der Waals surface area (Å²) in [4.78, 5) is 2.56. The van der Waals surface area contributed by atoms with Crippen LogP contribution in [-0.4, -0.2) is 31.1 Å². The van der Waals surface area contributed by atoms with Crippen molar-refractivity contribution in [3.8, 4) is 0 Å². The third-order valence-corrected chi connectivity index (χ3v) is 5.07. The lowest BCUT2D eigenvalue weighted by molar-refractivity contribution is 0.0559. The van der Waals surface area contributed by atoms with Crippen LogP contribution in [0.3, 0.4) is 0 Å². The maximum atomic E-state index is 5.54. The zero-order valence-electron chi connectivity index (χ0n) is 10.8. The van der Waals surface area contributed by atoms with E-state index in [0.717, 1.165) is 16.8 Å². The highest BCUT2D eigenvalue weighted by atomic mass is 79.9. The molecule has 4 heteroatoms. The molecule has 3 rings (SSSR count). The summed E-state index contributed by atoms with van der Waals surface area (Å²) in [5, 5.41) is 3.58. The van der Waals surface area contributed by atoms with Gasteiger partial charge in [0, 0.05) is 13.1 Å². The Kier molecular flexibility index (Phi) is 3.78. The molecule has 0 saturated carbocycles. The van der Waals surface area contributed by atoms with Crippen molar-refractivity contribution < 1.29 is 4.42 Å². The Labute approximate surface area is 117 Å². The van der Waals surface area contributed by atoms with Crippen LogP contribution in [0.5, 0.6) is 0 Å². The summed E-state index contributed by atoms with van der Waals surface area (Å²) in [6.45, 7) is 5.76. The maximum absolute atomic E-state index is 5.54. The van der Waals surface area contributed by atoms with Gasteiger partial charge in [0.1, 0.15) is 5.76 Å². The standard InChI is InChI=1S/C14H21BrN2O/c15-12-3-8-18-13(12)9-17-7-2-5-14(11-17)4-1-6-16-10-14/h3,8,16H,1-2,4-7,9-11H2. The van der Waals surface area contributed by atoms with E-state index in [1.165, 1.54) is 51.9 Å². The van der Waals surface area contributed by atoms with Crippen molar-refractivity contribution in [1.82, 2.24) is 10.2 Å². The summed E-state index contributed by atoms with van der Waals surface area (Å²) in [5.41, 5.74) is 0.523. The molecule has 3 nitrogen and oxygen atoms in total. The lowest BCUT2D eigenvalue weighted by atomic mass is 9.74. The predicted molar refractivity (Wildman–Crippen MR) is 75.5 cm³/mol. The smallest absolute Gasteiger partial charge is 0.131 e. The van der Waals surface area contributed by atoms with Gasteiger partial charge in [-0.1, -0.05) is 0 Å². The van der Waals surface area contributed by atoms with Crippen LogP contribution in [-0.2, 0) is 6.54 Å². The van der Waals surface area contributed by atoms with E-state index in [-0.39, 0.29) is 0 Å². The molecular formula is C14H21BrN2O. The first-order chi connectivity index (χ1) is 8.77. The lowest BCUT2D eigenvalue weighted by Crippen LogP contribution is -2.50. The van der Waals surface area contributed by atoms with E-state index in [2.05, 4.69) is 26.1 Å². The first-order valence-corrected chi connectivity index (χ1v) is 7.72. The minimum Gasteiger partial charge on any atom is -0.467 e. The van der Waals surface area contributed by atoms with E-state index in [0.29, 0.717) is 5.41 Å². The molecule has 0 amide bonds. The molecule has 0 radical (unpaired) electrons. The predicted octanol–water partition coefficient (Wildman–Crippen LogP) is 3.01. The van der Waals surface area contributed by atoms with Gasteiger partial charge in [0.2, 0.25) is 0 Å². The normalized spacial score (nSPS) is 29.8. The number of piperidine rings is 2. The van der Waals surface area contributed by atoms with Gasteiger partial charge >= 0.3 is 0 Å². The van der Waals surface area contributed by atoms with Gasteiger partial charge in [-0.15, -0.1) is 0 Å². The Morgan fingerprint density at radius 1 is 1.39 bits per heavy atom. The average molecular weight is 313 g/mol. The second-order valence-electron chi connectivity index (χ2n) is 5.79. The molecular weight excluding hydrogens is 292 g/mol. The molecule has 18 heavy (non-hydrogen) atoms. The van der Waals surface area contributed by atoms with Crippen LogP contribution in [0.1, 0.15) is 31.4 Å². The Balaban J connectivity index is 1.65. The number of nitrogens with one attached hydrogen (secondary N) is 1. The van der Waals surface area contributed by atoms with Gasteiger partial charge in [-0.25, -0.2) is 0 Å². The van der Waals surface area contributed by atoms with E-state index in [1.54, 1.807) is 6.26 Å². The molecule has 100 valence electrons. The summed E-state index contributed by atoms with van der Waals surface area (Å²) in [6, 6.07) is 1.98. The molecule has 1 atom stereocenters. The summed E-state index contributed by atoms with van der Waals surface area (Å²) in [5.74, 6) is 1.07. The second-order valence-corrected chi connectivity index (χ2v) is 6.64. The first kappa shape index (κ1) is 12.7. The van der Waals surface area contributed by atoms with E-state index in [9.17, 15) is 0 Å². The average Bonchev–Trinajstić information content (AvgIpc) is 2.76. The largest absolute Gasteiger partial charge is 0.467 e. The van der Waals surface area contributed by atoms with Crippen molar-refractivity contribution >= 4 is 15.9 Å². The van der Waals surface area contributed by atoms with Crippen LogP contribution < -0.4 is 5.32 Å². The van der Waals surface area contributed by atoms with Gasteiger partial charge in [0.25, 0.3) is 0 Å². The zero-order chi connectivity index (χ0) is 12.4. The van der Waals surface area contributed by atoms with E-state index >= 15 is 0 Å². The highest BCUT2D eigenvalue weighted by molar-refractivity contribution is 9.10. The van der Waals surface area contributed by atoms with Crippen LogP contribution in [0, 0.1) is 5.41 Å². The van der Waals surface area contributed by atoms with Gasteiger partial charge in [0.05, 0.1) is 17.3 Å². The Bertz CT molecular complexity index is 393. The van der Waals surface area contributed by atoms with Crippen molar-refractivity contribution in [2.45, 2.75) is 32.2 Å². The molecule has 0 aliphatic carbocycles. The van der Waals surface area contributed by atoms with Crippen molar-refractivity contribution in [1.29, 1.82) is 0 Å². The Hall–Kier alpha value is -0.320. The van der Waals surface area contributed by atoms with Crippen LogP contribution in [0.4, 0.5) is 0 Å². The fraction of sp³-hybridized carbons (Fsp3) is 0.714. The molecule has 0 bridgehead atoms. The minimum atomic E-state index is 0.523. The molecule has 2 aliphatic heterocycles. The van der Waals surface area contributed by atoms with E-state index in [1.807, 2.05) is 6.07 Å². The highest BCUT2D eigenvalue weighted by Gasteiger charge is 2.36.